The fourth-order valence-electron chi connectivity index (χ4n) is 1.09. The molecule has 0 N–H and O–H groups in total. The van der Waals surface area contributed by atoms with Gasteiger partial charge in [0.2, 0.25) is 0 Å². The number of hydrogen-bond donors (Lipinski definition) is 0. The van der Waals surface area contributed by atoms with Gasteiger partial charge in [-0.3, -0.25) is 4.18 Å². The normalized spacial score (nSPS) is 30.7. The highest BCUT2D eigenvalue weighted by molar-refractivity contribution is 7.86. The van der Waals surface area contributed by atoms with Crippen molar-refractivity contribution < 1.29 is 12.6 Å². The van der Waals surface area contributed by atoms with Gasteiger partial charge in [-0.1, -0.05) is 13.3 Å². The highest BCUT2D eigenvalue weighted by Crippen LogP contribution is 2.19. The molecular formula is C6H12O3S. The first kappa shape index (κ1) is 8.01. The summed E-state index contributed by atoms with van der Waals surface area (Å²) in [4.78, 5) is 0. The molecule has 1 aliphatic heterocycles. The molecule has 0 aromatic rings. The molecule has 0 spiro atoms. The summed E-state index contributed by atoms with van der Waals surface area (Å²) in [5.41, 5.74) is 0. The quantitative estimate of drug-likeness (QED) is 0.570. The Kier molecular flexibility index (Phi) is 2.31. The molecule has 1 aliphatic rings. The first-order valence-corrected chi connectivity index (χ1v) is 5.13. The van der Waals surface area contributed by atoms with Crippen molar-refractivity contribution in [1.82, 2.24) is 0 Å². The molecule has 1 saturated heterocycles. The second-order valence-electron chi connectivity index (χ2n) is 2.56. The van der Waals surface area contributed by atoms with E-state index < -0.39 is 10.1 Å². The van der Waals surface area contributed by atoms with E-state index in [0.717, 1.165) is 12.8 Å². The third-order valence-electron chi connectivity index (χ3n) is 1.58. The minimum atomic E-state index is -3.12. The topological polar surface area (TPSA) is 43.4 Å². The summed E-state index contributed by atoms with van der Waals surface area (Å²) >= 11 is 0. The van der Waals surface area contributed by atoms with Crippen LogP contribution in [0.2, 0.25) is 0 Å². The van der Waals surface area contributed by atoms with E-state index in [9.17, 15) is 8.42 Å². The zero-order valence-electron chi connectivity index (χ0n) is 6.04. The van der Waals surface area contributed by atoms with Gasteiger partial charge >= 0.3 is 0 Å². The van der Waals surface area contributed by atoms with Crippen molar-refractivity contribution in [2.24, 2.45) is 0 Å². The molecule has 1 atom stereocenters. The fourth-order valence-corrected chi connectivity index (χ4v) is 2.35. The Morgan fingerprint density at radius 3 is 2.70 bits per heavy atom. The van der Waals surface area contributed by atoms with Crippen LogP contribution in [0.25, 0.3) is 0 Å². The van der Waals surface area contributed by atoms with Gasteiger partial charge in [0.25, 0.3) is 10.1 Å². The molecule has 0 bridgehead atoms. The molecule has 0 aromatic carbocycles. The van der Waals surface area contributed by atoms with E-state index >= 15 is 0 Å². The van der Waals surface area contributed by atoms with Gasteiger partial charge in [-0.2, -0.15) is 8.42 Å². The Morgan fingerprint density at radius 1 is 1.60 bits per heavy atom. The monoisotopic (exact) mass is 164 g/mol. The van der Waals surface area contributed by atoms with E-state index in [2.05, 4.69) is 0 Å². The van der Waals surface area contributed by atoms with Gasteiger partial charge in [0.15, 0.2) is 0 Å². The lowest BCUT2D eigenvalue weighted by Crippen LogP contribution is -2.05. The van der Waals surface area contributed by atoms with Crippen molar-refractivity contribution in [3.8, 4) is 0 Å². The van der Waals surface area contributed by atoms with Crippen molar-refractivity contribution in [2.75, 3.05) is 5.75 Å². The summed E-state index contributed by atoms with van der Waals surface area (Å²) in [6.07, 6.45) is 2.49. The molecule has 0 amide bonds. The molecule has 3 nitrogen and oxygen atoms in total. The van der Waals surface area contributed by atoms with Crippen molar-refractivity contribution >= 4 is 10.1 Å². The summed E-state index contributed by atoms with van der Waals surface area (Å²) in [7, 11) is -3.12. The molecule has 60 valence electrons. The molecule has 0 saturated carbocycles. The van der Waals surface area contributed by atoms with Gasteiger partial charge in [0.1, 0.15) is 0 Å². The maximum absolute atomic E-state index is 10.7. The van der Waals surface area contributed by atoms with Crippen LogP contribution in [0.5, 0.6) is 0 Å². The molecule has 10 heavy (non-hydrogen) atoms. The maximum atomic E-state index is 10.7. The van der Waals surface area contributed by atoms with Crippen molar-refractivity contribution in [3.63, 3.8) is 0 Å². The zero-order valence-corrected chi connectivity index (χ0v) is 6.86. The van der Waals surface area contributed by atoms with Crippen LogP contribution in [0.1, 0.15) is 26.2 Å². The van der Waals surface area contributed by atoms with E-state index in [0.29, 0.717) is 6.42 Å². The predicted octanol–water partition coefficient (Wildman–Crippen LogP) is 0.905. The first-order chi connectivity index (χ1) is 4.64. The van der Waals surface area contributed by atoms with Crippen LogP contribution in [0.15, 0.2) is 0 Å². The number of hydrogen-bond acceptors (Lipinski definition) is 3. The van der Waals surface area contributed by atoms with Crippen LogP contribution in [0.4, 0.5) is 0 Å². The lowest BCUT2D eigenvalue weighted by Gasteiger charge is -2.02. The van der Waals surface area contributed by atoms with E-state index in [4.69, 9.17) is 4.18 Å². The standard InChI is InChI=1S/C6H12O3S/c1-2-3-6-4-5-10(7,8)9-6/h6H,2-5H2,1H3. The molecule has 4 heteroatoms. The van der Waals surface area contributed by atoms with Crippen molar-refractivity contribution in [1.29, 1.82) is 0 Å². The summed E-state index contributed by atoms with van der Waals surface area (Å²) in [5, 5.41) is 0. The van der Waals surface area contributed by atoms with Gasteiger partial charge in [-0.25, -0.2) is 0 Å². The van der Waals surface area contributed by atoms with Crippen LogP contribution in [0, 0.1) is 0 Å². The summed E-state index contributed by atoms with van der Waals surface area (Å²) in [5.74, 6) is 0.206. The SMILES string of the molecule is CCCC1CCS(=O)(=O)O1. The third kappa shape index (κ3) is 1.95. The van der Waals surface area contributed by atoms with Crippen molar-refractivity contribution in [2.45, 2.75) is 32.3 Å². The van der Waals surface area contributed by atoms with Gasteiger partial charge in [0, 0.05) is 0 Å². The zero-order chi connectivity index (χ0) is 7.61. The molecule has 0 aromatic heterocycles. The average Bonchev–Trinajstić information content (AvgIpc) is 2.12. The summed E-state index contributed by atoms with van der Waals surface area (Å²) in [6.45, 7) is 2.02. The number of rotatable bonds is 2. The largest absolute Gasteiger partial charge is 0.267 e. The molecule has 1 unspecified atom stereocenters. The Morgan fingerprint density at radius 2 is 2.30 bits per heavy atom. The van der Waals surface area contributed by atoms with Gasteiger partial charge < -0.3 is 0 Å². The predicted molar refractivity (Wildman–Crippen MR) is 38.2 cm³/mol. The van der Waals surface area contributed by atoms with E-state index in [1.54, 1.807) is 0 Å². The van der Waals surface area contributed by atoms with E-state index in [1.807, 2.05) is 6.92 Å². The highest BCUT2D eigenvalue weighted by atomic mass is 32.2. The molecule has 0 radical (unpaired) electrons. The van der Waals surface area contributed by atoms with Gasteiger partial charge in [0.05, 0.1) is 11.9 Å². The molecule has 0 aliphatic carbocycles. The highest BCUT2D eigenvalue weighted by Gasteiger charge is 2.27. The Bertz CT molecular complexity index is 195. The van der Waals surface area contributed by atoms with Crippen LogP contribution in [0.3, 0.4) is 0 Å². The van der Waals surface area contributed by atoms with Crippen LogP contribution >= 0.6 is 0 Å². The minimum absolute atomic E-state index is 0.0324. The Balaban J connectivity index is 2.44. The minimum Gasteiger partial charge on any atom is -0.267 e. The lowest BCUT2D eigenvalue weighted by molar-refractivity contribution is 0.224. The first-order valence-electron chi connectivity index (χ1n) is 3.55. The van der Waals surface area contributed by atoms with Gasteiger partial charge in [-0.15, -0.1) is 0 Å². The third-order valence-corrected chi connectivity index (χ3v) is 2.88. The second-order valence-corrected chi connectivity index (χ2v) is 4.27. The van der Waals surface area contributed by atoms with Crippen LogP contribution < -0.4 is 0 Å². The molecule has 1 heterocycles. The molecule has 1 rings (SSSR count). The Hall–Kier alpha value is -0.0900. The van der Waals surface area contributed by atoms with Gasteiger partial charge in [-0.05, 0) is 12.8 Å². The second kappa shape index (κ2) is 2.88. The van der Waals surface area contributed by atoms with Crippen molar-refractivity contribution in [3.05, 3.63) is 0 Å². The Labute approximate surface area is 61.5 Å². The van der Waals surface area contributed by atoms with Crippen LogP contribution in [-0.4, -0.2) is 20.3 Å². The molecular weight excluding hydrogens is 152 g/mol. The maximum Gasteiger partial charge on any atom is 0.267 e. The smallest absolute Gasteiger partial charge is 0.267 e. The van der Waals surface area contributed by atoms with E-state index in [-0.39, 0.29) is 11.9 Å². The lowest BCUT2D eigenvalue weighted by atomic mass is 10.2. The fraction of sp³-hybridized carbons (Fsp3) is 1.00. The average molecular weight is 164 g/mol. The molecule has 1 fully saturated rings. The van der Waals surface area contributed by atoms with Crippen LogP contribution in [-0.2, 0) is 14.3 Å². The summed E-state index contributed by atoms with van der Waals surface area (Å²) in [6, 6.07) is 0. The summed E-state index contributed by atoms with van der Waals surface area (Å²) < 4.78 is 26.1. The van der Waals surface area contributed by atoms with E-state index in [1.165, 1.54) is 0 Å².